The van der Waals surface area contributed by atoms with Crippen LogP contribution in [0.15, 0.2) is 59.0 Å². The summed E-state index contributed by atoms with van der Waals surface area (Å²) in [6.07, 6.45) is 20.9. The third kappa shape index (κ3) is 10.9. The average molecular weight is 683 g/mol. The van der Waals surface area contributed by atoms with E-state index in [0.717, 1.165) is 40.4 Å². The van der Waals surface area contributed by atoms with Gasteiger partial charge in [0.25, 0.3) is 5.91 Å². The number of carboxylic acid groups (broad SMARTS) is 1. The zero-order valence-corrected chi connectivity index (χ0v) is 31.3. The fourth-order valence-corrected chi connectivity index (χ4v) is 6.77. The Labute approximate surface area is 299 Å². The van der Waals surface area contributed by atoms with Gasteiger partial charge in [0.2, 0.25) is 5.36 Å². The van der Waals surface area contributed by atoms with Crippen molar-refractivity contribution in [3.8, 4) is 22.5 Å². The number of carbonyl (C=O) groups is 2. The van der Waals surface area contributed by atoms with Crippen LogP contribution in [0.5, 0.6) is 0 Å². The van der Waals surface area contributed by atoms with Crippen molar-refractivity contribution in [1.29, 1.82) is 0 Å². The molecule has 1 aliphatic heterocycles. The van der Waals surface area contributed by atoms with Crippen LogP contribution in [0.1, 0.15) is 130 Å². The van der Waals surface area contributed by atoms with Gasteiger partial charge in [-0.15, -0.1) is 0 Å². The van der Waals surface area contributed by atoms with Gasteiger partial charge in [-0.3, -0.25) is 4.79 Å². The minimum absolute atomic E-state index is 0.0854. The minimum atomic E-state index is -1.08. The molecular weight excluding hydrogens is 622 g/mol. The molecule has 0 bridgehead atoms. The van der Waals surface area contributed by atoms with Crippen LogP contribution in [0.25, 0.3) is 33.4 Å². The van der Waals surface area contributed by atoms with Crippen molar-refractivity contribution in [3.63, 3.8) is 0 Å². The van der Waals surface area contributed by atoms with E-state index in [2.05, 4.69) is 12.2 Å². The van der Waals surface area contributed by atoms with Crippen LogP contribution in [0.4, 0.5) is 5.69 Å². The highest BCUT2D eigenvalue weighted by Crippen LogP contribution is 2.42. The lowest BCUT2D eigenvalue weighted by Gasteiger charge is -2.19. The zero-order valence-electron chi connectivity index (χ0n) is 31.3. The van der Waals surface area contributed by atoms with Gasteiger partial charge in [0.05, 0.1) is 11.6 Å². The molecule has 0 atom stereocenters. The molecule has 2 aromatic carbocycles. The SMILES string of the molecule is CCCCCCCCCCCCCCCCCCNC(=O)c1ccc(-c2c3ccc(=[N+](C)C)cc-3oc3cc(N(C)C)ccc23)c(C(=O)O)c1. The largest absolute Gasteiger partial charge is 0.478 e. The fraction of sp³-hybridized carbons (Fsp3) is 0.512. The number of rotatable bonds is 21. The van der Waals surface area contributed by atoms with Crippen LogP contribution in [0.2, 0.25) is 0 Å². The zero-order chi connectivity index (χ0) is 35.9. The number of unbranched alkanes of at least 4 members (excludes halogenated alkanes) is 15. The predicted octanol–water partition coefficient (Wildman–Crippen LogP) is 9.99. The number of hydrogen-bond acceptors (Lipinski definition) is 4. The molecule has 0 unspecified atom stereocenters. The third-order valence-electron chi connectivity index (χ3n) is 9.82. The Morgan fingerprint density at radius 3 is 1.86 bits per heavy atom. The maximum atomic E-state index is 13.1. The van der Waals surface area contributed by atoms with E-state index in [9.17, 15) is 14.7 Å². The fourth-order valence-electron chi connectivity index (χ4n) is 6.77. The van der Waals surface area contributed by atoms with E-state index in [-0.39, 0.29) is 11.5 Å². The second kappa shape index (κ2) is 19.9. The first-order valence-corrected chi connectivity index (χ1v) is 19.1. The summed E-state index contributed by atoms with van der Waals surface area (Å²) in [6.45, 7) is 2.86. The predicted molar refractivity (Wildman–Crippen MR) is 209 cm³/mol. The van der Waals surface area contributed by atoms with Crippen LogP contribution in [-0.4, -0.2) is 51.7 Å². The van der Waals surface area contributed by atoms with Crippen molar-refractivity contribution >= 4 is 28.5 Å². The summed E-state index contributed by atoms with van der Waals surface area (Å²) in [7, 11) is 7.89. The molecule has 0 spiro atoms. The van der Waals surface area contributed by atoms with Gasteiger partial charge in [0, 0.05) is 60.5 Å². The van der Waals surface area contributed by atoms with Gasteiger partial charge in [-0.25, -0.2) is 9.37 Å². The maximum absolute atomic E-state index is 13.1. The Bertz CT molecular complexity index is 1730. The number of anilines is 1. The van der Waals surface area contributed by atoms with Gasteiger partial charge in [-0.1, -0.05) is 109 Å². The molecule has 270 valence electrons. The van der Waals surface area contributed by atoms with Gasteiger partial charge >= 0.3 is 5.97 Å². The summed E-state index contributed by atoms with van der Waals surface area (Å²) in [5, 5.41) is 15.2. The van der Waals surface area contributed by atoms with Gasteiger partial charge < -0.3 is 19.7 Å². The lowest BCUT2D eigenvalue weighted by molar-refractivity contribution is 0.0697. The first kappa shape index (κ1) is 38.7. The summed E-state index contributed by atoms with van der Waals surface area (Å²) in [4.78, 5) is 27.8. The number of nitrogens with one attached hydrogen (secondary N) is 1. The average Bonchev–Trinajstić information content (AvgIpc) is 3.10. The molecule has 0 saturated heterocycles. The van der Waals surface area contributed by atoms with Crippen LogP contribution in [-0.2, 0) is 0 Å². The Balaban J connectivity index is 1.33. The molecule has 1 heterocycles. The number of carbonyl (C=O) groups excluding carboxylic acids is 1. The van der Waals surface area contributed by atoms with Crippen LogP contribution in [0.3, 0.4) is 0 Å². The molecular formula is C43H60N3O4+. The number of hydrogen-bond donors (Lipinski definition) is 2. The quantitative estimate of drug-likeness (QED) is 0.0519. The van der Waals surface area contributed by atoms with Crippen LogP contribution >= 0.6 is 0 Å². The number of benzene rings is 3. The van der Waals surface area contributed by atoms with E-state index in [1.54, 1.807) is 12.1 Å². The Morgan fingerprint density at radius 1 is 0.720 bits per heavy atom. The van der Waals surface area contributed by atoms with Crippen molar-refractivity contribution in [2.75, 3.05) is 39.6 Å². The molecule has 0 aromatic heterocycles. The van der Waals surface area contributed by atoms with Gasteiger partial charge in [0.1, 0.15) is 25.4 Å². The molecule has 0 fully saturated rings. The van der Waals surface area contributed by atoms with E-state index in [0.29, 0.717) is 29.0 Å². The summed E-state index contributed by atoms with van der Waals surface area (Å²) in [6, 6.07) is 16.9. The minimum Gasteiger partial charge on any atom is -0.478 e. The summed E-state index contributed by atoms with van der Waals surface area (Å²) in [5.41, 5.74) is 4.20. The lowest BCUT2D eigenvalue weighted by atomic mass is 9.89. The highest BCUT2D eigenvalue weighted by atomic mass is 16.4. The van der Waals surface area contributed by atoms with Gasteiger partial charge in [-0.05, 0) is 42.3 Å². The van der Waals surface area contributed by atoms with Crippen molar-refractivity contribution in [2.24, 2.45) is 0 Å². The summed E-state index contributed by atoms with van der Waals surface area (Å²) >= 11 is 0. The molecule has 2 aromatic rings. The van der Waals surface area contributed by atoms with Crippen molar-refractivity contribution in [1.82, 2.24) is 9.89 Å². The smallest absolute Gasteiger partial charge is 0.336 e. The van der Waals surface area contributed by atoms with E-state index in [1.807, 2.05) is 74.1 Å². The number of nitrogens with zero attached hydrogens (tertiary/aromatic N) is 2. The van der Waals surface area contributed by atoms with E-state index < -0.39 is 5.97 Å². The normalized spacial score (nSPS) is 11.3. The number of carboxylic acids is 1. The second-order valence-electron chi connectivity index (χ2n) is 14.3. The molecule has 0 saturated carbocycles. The summed E-state index contributed by atoms with van der Waals surface area (Å²) in [5.74, 6) is -0.667. The number of aromatic carboxylic acids is 1. The van der Waals surface area contributed by atoms with Crippen molar-refractivity contribution in [2.45, 2.75) is 110 Å². The number of fused-ring (bicyclic) bond motifs is 2. The van der Waals surface area contributed by atoms with E-state index in [4.69, 9.17) is 4.42 Å². The van der Waals surface area contributed by atoms with E-state index >= 15 is 0 Å². The van der Waals surface area contributed by atoms with Gasteiger partial charge in [-0.2, -0.15) is 0 Å². The number of amides is 1. The molecule has 1 amide bonds. The molecule has 1 aliphatic carbocycles. The van der Waals surface area contributed by atoms with Crippen LogP contribution in [0, 0.1) is 0 Å². The Hall–Kier alpha value is -4.13. The van der Waals surface area contributed by atoms with Crippen molar-refractivity contribution in [3.05, 3.63) is 71.1 Å². The van der Waals surface area contributed by atoms with Crippen LogP contribution < -0.4 is 20.1 Å². The molecule has 2 N–H and O–H groups in total. The van der Waals surface area contributed by atoms with Gasteiger partial charge in [0.15, 0.2) is 0 Å². The first-order valence-electron chi connectivity index (χ1n) is 19.1. The maximum Gasteiger partial charge on any atom is 0.336 e. The van der Waals surface area contributed by atoms with Crippen molar-refractivity contribution < 1.29 is 19.1 Å². The molecule has 2 aliphatic rings. The second-order valence-corrected chi connectivity index (χ2v) is 14.3. The molecule has 7 heteroatoms. The molecule has 50 heavy (non-hydrogen) atoms. The molecule has 4 rings (SSSR count). The Kier molecular flexibility index (Phi) is 15.4. The van der Waals surface area contributed by atoms with E-state index in [1.165, 1.54) is 96.0 Å². The highest BCUT2D eigenvalue weighted by Gasteiger charge is 2.23. The highest BCUT2D eigenvalue weighted by molar-refractivity contribution is 6.09. The molecule has 0 radical (unpaired) electrons. The summed E-state index contributed by atoms with van der Waals surface area (Å²) < 4.78 is 8.42. The topological polar surface area (TPSA) is 85.8 Å². The third-order valence-corrected chi connectivity index (χ3v) is 9.82. The first-order chi connectivity index (χ1) is 24.2. The lowest BCUT2D eigenvalue weighted by Crippen LogP contribution is -2.24. The molecule has 7 nitrogen and oxygen atoms in total. The standard InChI is InChI=1S/C43H59N3O4/c1-6-7-8-9-10-11-12-13-14-15-16-17-18-19-20-21-28-44-42(47)32-22-25-35(38(29-32)43(48)49)41-36-26-23-33(45(2)3)30-39(36)50-40-31-34(46(4)5)24-27-37(40)41/h22-27,29-31H,6-21,28H2,1-5H3,(H-,44,47,48,49)/p+1. The monoisotopic (exact) mass is 682 g/mol. The Morgan fingerprint density at radius 2 is 1.30 bits per heavy atom.